The number of benzene rings is 1. The minimum Gasteiger partial charge on any atom is -0.330 e. The number of aromatic amines is 2. The molecule has 0 saturated carbocycles. The zero-order valence-corrected chi connectivity index (χ0v) is 12.7. The van der Waals surface area contributed by atoms with Crippen molar-refractivity contribution < 1.29 is 0 Å². The average Bonchev–Trinajstić information content (AvgIpc) is 3.08. The van der Waals surface area contributed by atoms with Crippen molar-refractivity contribution in [2.75, 3.05) is 5.32 Å². The summed E-state index contributed by atoms with van der Waals surface area (Å²) in [7, 11) is 0. The third-order valence-electron chi connectivity index (χ3n) is 2.59. The molecule has 0 bridgehead atoms. The molecule has 21 heavy (non-hydrogen) atoms. The number of H-pyrrole nitrogens is 2. The number of anilines is 2. The molecule has 0 aliphatic carbocycles. The van der Waals surface area contributed by atoms with Crippen molar-refractivity contribution in [2.45, 2.75) is 17.0 Å². The van der Waals surface area contributed by atoms with Crippen LogP contribution in [-0.2, 0) is 5.75 Å². The van der Waals surface area contributed by atoms with E-state index in [-0.39, 0.29) is 5.69 Å². The van der Waals surface area contributed by atoms with Crippen molar-refractivity contribution in [1.82, 2.24) is 25.4 Å². The molecule has 3 aromatic rings. The number of nitrogens with one attached hydrogen (secondary N) is 3. The highest BCUT2D eigenvalue weighted by Crippen LogP contribution is 2.29. The number of aryl methyl sites for hydroxylation is 1. The van der Waals surface area contributed by atoms with E-state index in [0.29, 0.717) is 11.6 Å². The molecule has 0 fully saturated rings. The number of thioether (sulfide) groups is 1. The van der Waals surface area contributed by atoms with Gasteiger partial charge in [-0.1, -0.05) is 40.8 Å². The van der Waals surface area contributed by atoms with Gasteiger partial charge in [-0.25, -0.2) is 9.89 Å². The van der Waals surface area contributed by atoms with Gasteiger partial charge in [0.2, 0.25) is 5.13 Å². The van der Waals surface area contributed by atoms with Crippen LogP contribution >= 0.6 is 23.1 Å². The molecule has 0 saturated heterocycles. The standard InChI is InChI=1S/C12H12N6OS2/c1-7-2-4-8(5-3-7)13-11-17-18-12(21-11)20-6-9-14-10(19)16-15-9/h2-5H,6H2,1H3,(H,13,17)(H2,14,15,16,19). The molecule has 2 heterocycles. The first kappa shape index (κ1) is 13.8. The highest BCUT2D eigenvalue weighted by molar-refractivity contribution is 8.00. The van der Waals surface area contributed by atoms with E-state index in [2.05, 4.69) is 30.7 Å². The Morgan fingerprint density at radius 3 is 2.81 bits per heavy atom. The Kier molecular flexibility index (Phi) is 4.02. The molecule has 0 unspecified atom stereocenters. The fourth-order valence-electron chi connectivity index (χ4n) is 1.58. The van der Waals surface area contributed by atoms with Crippen molar-refractivity contribution >= 4 is 33.9 Å². The summed E-state index contributed by atoms with van der Waals surface area (Å²) in [5, 5.41) is 18.3. The quantitative estimate of drug-likeness (QED) is 0.624. The molecule has 0 amide bonds. The second kappa shape index (κ2) is 6.10. The Bertz CT molecular complexity index is 775. The lowest BCUT2D eigenvalue weighted by molar-refractivity contribution is 0.999. The van der Waals surface area contributed by atoms with Gasteiger partial charge in [0.25, 0.3) is 0 Å². The van der Waals surface area contributed by atoms with E-state index in [1.807, 2.05) is 31.2 Å². The topological polar surface area (TPSA) is 99.3 Å². The highest BCUT2D eigenvalue weighted by Gasteiger charge is 2.07. The van der Waals surface area contributed by atoms with Crippen LogP contribution in [0.3, 0.4) is 0 Å². The molecular formula is C12H12N6OS2. The summed E-state index contributed by atoms with van der Waals surface area (Å²) in [5.41, 5.74) is 1.89. The smallest absolute Gasteiger partial charge is 0.330 e. The van der Waals surface area contributed by atoms with Crippen LogP contribution in [-0.4, -0.2) is 25.4 Å². The Morgan fingerprint density at radius 1 is 1.29 bits per heavy atom. The first-order chi connectivity index (χ1) is 10.2. The van der Waals surface area contributed by atoms with E-state index >= 15 is 0 Å². The van der Waals surface area contributed by atoms with E-state index in [1.54, 1.807) is 0 Å². The van der Waals surface area contributed by atoms with Gasteiger partial charge in [0.05, 0.1) is 5.75 Å². The maximum absolute atomic E-state index is 10.9. The molecule has 9 heteroatoms. The largest absolute Gasteiger partial charge is 0.340 e. The second-order valence-electron chi connectivity index (χ2n) is 4.28. The van der Waals surface area contributed by atoms with E-state index < -0.39 is 0 Å². The first-order valence-electron chi connectivity index (χ1n) is 6.12. The molecule has 2 aromatic heterocycles. The summed E-state index contributed by atoms with van der Waals surface area (Å²) in [4.78, 5) is 13.5. The molecule has 1 aromatic carbocycles. The van der Waals surface area contributed by atoms with Crippen LogP contribution < -0.4 is 11.0 Å². The molecular weight excluding hydrogens is 308 g/mol. The normalized spacial score (nSPS) is 10.7. The Balaban J connectivity index is 1.60. The molecule has 3 rings (SSSR count). The van der Waals surface area contributed by atoms with Crippen LogP contribution in [0.25, 0.3) is 0 Å². The number of nitrogens with zero attached hydrogens (tertiary/aromatic N) is 3. The third kappa shape index (κ3) is 3.70. The van der Waals surface area contributed by atoms with Gasteiger partial charge in [-0.3, -0.25) is 4.98 Å². The highest BCUT2D eigenvalue weighted by atomic mass is 32.2. The van der Waals surface area contributed by atoms with Crippen molar-refractivity contribution in [3.8, 4) is 0 Å². The summed E-state index contributed by atoms with van der Waals surface area (Å²) in [6.45, 7) is 2.04. The van der Waals surface area contributed by atoms with Crippen molar-refractivity contribution in [2.24, 2.45) is 0 Å². The van der Waals surface area contributed by atoms with Gasteiger partial charge in [-0.2, -0.15) is 5.10 Å². The van der Waals surface area contributed by atoms with Crippen LogP contribution in [0.15, 0.2) is 33.4 Å². The molecule has 7 nitrogen and oxygen atoms in total. The Morgan fingerprint density at radius 2 is 2.10 bits per heavy atom. The minimum atomic E-state index is -0.301. The number of hydrogen-bond acceptors (Lipinski definition) is 7. The van der Waals surface area contributed by atoms with Gasteiger partial charge < -0.3 is 5.32 Å². The van der Waals surface area contributed by atoms with E-state index in [0.717, 1.165) is 15.2 Å². The maximum Gasteiger partial charge on any atom is 0.340 e. The van der Waals surface area contributed by atoms with Crippen LogP contribution in [0.5, 0.6) is 0 Å². The number of aromatic nitrogens is 5. The molecule has 0 aliphatic heterocycles. The molecule has 0 atom stereocenters. The summed E-state index contributed by atoms with van der Waals surface area (Å²) in [6.07, 6.45) is 0. The summed E-state index contributed by atoms with van der Waals surface area (Å²) in [6, 6.07) is 8.07. The monoisotopic (exact) mass is 320 g/mol. The second-order valence-corrected chi connectivity index (χ2v) is 6.48. The number of hydrogen-bond donors (Lipinski definition) is 3. The average molecular weight is 320 g/mol. The Hall–Kier alpha value is -2.13. The van der Waals surface area contributed by atoms with Crippen molar-refractivity contribution in [1.29, 1.82) is 0 Å². The van der Waals surface area contributed by atoms with Crippen molar-refractivity contribution in [3.63, 3.8) is 0 Å². The summed E-state index contributed by atoms with van der Waals surface area (Å²) in [5.74, 6) is 1.13. The van der Waals surface area contributed by atoms with Gasteiger partial charge in [-0.05, 0) is 19.1 Å². The molecule has 3 N–H and O–H groups in total. The minimum absolute atomic E-state index is 0.301. The third-order valence-corrected chi connectivity index (χ3v) is 4.58. The van der Waals surface area contributed by atoms with Crippen LogP contribution in [0, 0.1) is 6.92 Å². The molecule has 0 spiro atoms. The zero-order chi connectivity index (χ0) is 14.7. The lowest BCUT2D eigenvalue weighted by Gasteiger charge is -2.01. The van der Waals surface area contributed by atoms with Gasteiger partial charge in [0, 0.05) is 5.69 Å². The zero-order valence-electron chi connectivity index (χ0n) is 11.1. The van der Waals surface area contributed by atoms with Gasteiger partial charge in [-0.15, -0.1) is 10.2 Å². The SMILES string of the molecule is Cc1ccc(Nc2nnc(SCc3n[nH]c(=O)[nH]3)s2)cc1. The van der Waals surface area contributed by atoms with Crippen LogP contribution in [0.2, 0.25) is 0 Å². The lowest BCUT2D eigenvalue weighted by Crippen LogP contribution is -2.00. The maximum atomic E-state index is 10.9. The summed E-state index contributed by atoms with van der Waals surface area (Å²) >= 11 is 2.93. The van der Waals surface area contributed by atoms with E-state index in [9.17, 15) is 4.79 Å². The first-order valence-corrected chi connectivity index (χ1v) is 7.93. The Labute approximate surface area is 128 Å². The van der Waals surface area contributed by atoms with E-state index in [1.165, 1.54) is 28.7 Å². The van der Waals surface area contributed by atoms with Gasteiger partial charge in [0.15, 0.2) is 4.34 Å². The van der Waals surface area contributed by atoms with E-state index in [4.69, 9.17) is 0 Å². The van der Waals surface area contributed by atoms with Crippen LogP contribution in [0.4, 0.5) is 10.8 Å². The fourth-order valence-corrected chi connectivity index (χ4v) is 3.22. The molecule has 108 valence electrons. The molecule has 0 radical (unpaired) electrons. The predicted molar refractivity (Wildman–Crippen MR) is 83.1 cm³/mol. The summed E-state index contributed by atoms with van der Waals surface area (Å²) < 4.78 is 0.813. The molecule has 0 aliphatic rings. The lowest BCUT2D eigenvalue weighted by atomic mass is 10.2. The van der Waals surface area contributed by atoms with Crippen LogP contribution in [0.1, 0.15) is 11.4 Å². The predicted octanol–water partition coefficient (Wildman–Crippen LogP) is 2.29. The fraction of sp³-hybridized carbons (Fsp3) is 0.167. The van der Waals surface area contributed by atoms with Gasteiger partial charge >= 0.3 is 5.69 Å². The van der Waals surface area contributed by atoms with Gasteiger partial charge in [0.1, 0.15) is 5.82 Å². The number of rotatable bonds is 5. The van der Waals surface area contributed by atoms with Crippen molar-refractivity contribution in [3.05, 3.63) is 46.1 Å².